The third-order valence-corrected chi connectivity index (χ3v) is 4.70. The number of esters is 1. The monoisotopic (exact) mass is 487 g/mol. The Kier molecular flexibility index (Phi) is 7.34. The van der Waals surface area contributed by atoms with E-state index in [0.717, 1.165) is 0 Å². The Morgan fingerprint density at radius 2 is 1.55 bits per heavy atom. The van der Waals surface area contributed by atoms with Gasteiger partial charge in [-0.1, -0.05) is 0 Å². The molecule has 1 fully saturated rings. The van der Waals surface area contributed by atoms with Gasteiger partial charge in [0.15, 0.2) is 5.78 Å². The van der Waals surface area contributed by atoms with Crippen molar-refractivity contribution < 1.29 is 63.2 Å². The fourth-order valence-corrected chi connectivity index (χ4v) is 3.40. The van der Waals surface area contributed by atoms with Crippen molar-refractivity contribution in [2.45, 2.75) is 50.7 Å². The van der Waals surface area contributed by atoms with Crippen LogP contribution in [0.2, 0.25) is 0 Å². The van der Waals surface area contributed by atoms with Gasteiger partial charge in [-0.2, -0.15) is 34.8 Å². The molecule has 1 rings (SSSR count). The second kappa shape index (κ2) is 8.44. The van der Waals surface area contributed by atoms with Gasteiger partial charge in [0.1, 0.15) is 17.3 Å². The highest BCUT2D eigenvalue weighted by molar-refractivity contribution is 7.85. The molecule has 1 unspecified atom stereocenters. The second-order valence-electron chi connectivity index (χ2n) is 7.67. The van der Waals surface area contributed by atoms with Gasteiger partial charge in [-0.25, -0.2) is 4.79 Å². The topological polar surface area (TPSA) is 127 Å². The van der Waals surface area contributed by atoms with E-state index < -0.39 is 76.2 Å². The predicted octanol–water partition coefficient (Wildman–Crippen LogP) is 2.11. The van der Waals surface area contributed by atoms with Crippen molar-refractivity contribution in [3.63, 3.8) is 0 Å². The molecule has 1 atom stereocenters. The van der Waals surface area contributed by atoms with Crippen LogP contribution in [0.25, 0.3) is 0 Å². The van der Waals surface area contributed by atoms with Gasteiger partial charge in [-0.05, 0) is 20.8 Å². The zero-order valence-electron chi connectivity index (χ0n) is 16.3. The van der Waals surface area contributed by atoms with Gasteiger partial charge in [0, 0.05) is 19.5 Å². The highest BCUT2D eigenvalue weighted by Gasteiger charge is 2.76. The van der Waals surface area contributed by atoms with Crippen LogP contribution in [0, 0.1) is 5.92 Å². The number of likely N-dealkylation sites (tertiary alicyclic amines) is 1. The molecule has 0 radical (unpaired) electrons. The zero-order chi connectivity index (χ0) is 24.6. The fraction of sp³-hybridized carbons (Fsp3) is 0.800. The molecule has 0 spiro atoms. The van der Waals surface area contributed by atoms with E-state index in [4.69, 9.17) is 9.29 Å². The van der Waals surface area contributed by atoms with E-state index in [2.05, 4.69) is 4.74 Å². The molecule has 1 amide bonds. The molecule has 1 aliphatic rings. The van der Waals surface area contributed by atoms with Gasteiger partial charge in [0.25, 0.3) is 10.1 Å². The summed E-state index contributed by atoms with van der Waals surface area (Å²) < 4.78 is 119. The van der Waals surface area contributed by atoms with E-state index in [1.54, 1.807) is 0 Å². The molecule has 0 aromatic carbocycles. The van der Waals surface area contributed by atoms with Crippen LogP contribution in [0.1, 0.15) is 27.2 Å². The lowest BCUT2D eigenvalue weighted by Crippen LogP contribution is -2.64. The number of carbonyl (C=O) groups excluding carboxylic acids is 3. The summed E-state index contributed by atoms with van der Waals surface area (Å²) in [5, 5.41) is 0. The molecule has 0 saturated carbocycles. The second-order valence-corrected chi connectivity index (χ2v) is 9.12. The van der Waals surface area contributed by atoms with E-state index >= 15 is 0 Å². The maximum atomic E-state index is 13.3. The molecule has 1 heterocycles. The van der Waals surface area contributed by atoms with Crippen LogP contribution in [-0.4, -0.2) is 78.1 Å². The average Bonchev–Trinajstić information content (AvgIpc) is 2.49. The highest BCUT2D eigenvalue weighted by Crippen LogP contribution is 2.47. The minimum Gasteiger partial charge on any atom is -0.444 e. The third-order valence-electron chi connectivity index (χ3n) is 3.93. The maximum absolute atomic E-state index is 13.3. The van der Waals surface area contributed by atoms with Gasteiger partial charge < -0.3 is 14.4 Å². The molecule has 0 aromatic heterocycles. The number of carbonyl (C=O) groups is 3. The van der Waals surface area contributed by atoms with Crippen LogP contribution >= 0.6 is 0 Å². The van der Waals surface area contributed by atoms with Crippen LogP contribution in [0.15, 0.2) is 0 Å². The highest BCUT2D eigenvalue weighted by atomic mass is 32.2. The molecule has 1 saturated heterocycles. The van der Waals surface area contributed by atoms with Gasteiger partial charge >= 0.3 is 30.0 Å². The first-order valence-corrected chi connectivity index (χ1v) is 10.0. The SMILES string of the molecule is CC(C)(C)OC(=O)N1CCC(=O)C(C(=O)OC(CS(=O)(=O)O)(C(F)(F)F)C(F)(F)F)C1. The van der Waals surface area contributed by atoms with Crippen LogP contribution in [-0.2, 0) is 29.2 Å². The Balaban J connectivity index is 3.27. The van der Waals surface area contributed by atoms with Crippen molar-refractivity contribution in [2.75, 3.05) is 18.8 Å². The Morgan fingerprint density at radius 3 is 1.94 bits per heavy atom. The zero-order valence-corrected chi connectivity index (χ0v) is 17.2. The number of alkyl halides is 6. The molecule has 1 N–H and O–H groups in total. The first-order valence-electron chi connectivity index (χ1n) is 8.42. The maximum Gasteiger partial charge on any atom is 0.438 e. The number of rotatable bonds is 4. The van der Waals surface area contributed by atoms with Gasteiger partial charge in [0.05, 0.1) is 0 Å². The summed E-state index contributed by atoms with van der Waals surface area (Å²) in [6, 6.07) is 0. The van der Waals surface area contributed by atoms with Crippen molar-refractivity contribution in [1.82, 2.24) is 4.90 Å². The van der Waals surface area contributed by atoms with E-state index in [9.17, 15) is 49.1 Å². The number of hydrogen-bond donors (Lipinski definition) is 1. The van der Waals surface area contributed by atoms with Crippen molar-refractivity contribution in [2.24, 2.45) is 5.92 Å². The number of hydrogen-bond acceptors (Lipinski definition) is 7. The van der Waals surface area contributed by atoms with Crippen molar-refractivity contribution in [3.8, 4) is 0 Å². The molecular weight excluding hydrogens is 468 g/mol. The lowest BCUT2D eigenvalue weighted by molar-refractivity contribution is -0.362. The Labute approximate surface area is 172 Å². The van der Waals surface area contributed by atoms with Gasteiger partial charge in [0.2, 0.25) is 0 Å². The van der Waals surface area contributed by atoms with Crippen LogP contribution in [0.5, 0.6) is 0 Å². The van der Waals surface area contributed by atoms with Crippen LogP contribution < -0.4 is 0 Å². The minimum absolute atomic E-state index is 0.327. The van der Waals surface area contributed by atoms with E-state index in [1.807, 2.05) is 0 Å². The number of ether oxygens (including phenoxy) is 2. The number of amides is 1. The Morgan fingerprint density at radius 1 is 1.06 bits per heavy atom. The number of piperidine rings is 1. The average molecular weight is 487 g/mol. The summed E-state index contributed by atoms with van der Waals surface area (Å²) in [7, 11) is -5.97. The normalized spacial score (nSPS) is 19.2. The van der Waals surface area contributed by atoms with E-state index in [-0.39, 0.29) is 6.54 Å². The van der Waals surface area contributed by atoms with E-state index in [0.29, 0.717) is 4.90 Å². The molecule has 1 aliphatic heterocycles. The van der Waals surface area contributed by atoms with Gasteiger partial charge in [-0.15, -0.1) is 0 Å². The van der Waals surface area contributed by atoms with Crippen molar-refractivity contribution in [3.05, 3.63) is 0 Å². The number of Topliss-reactive ketones (excluding diaryl/α,β-unsaturated/α-hetero) is 1. The van der Waals surface area contributed by atoms with Crippen molar-refractivity contribution in [1.29, 1.82) is 0 Å². The molecule has 9 nitrogen and oxygen atoms in total. The Bertz CT molecular complexity index is 816. The number of ketones is 1. The molecular formula is C15H19F6NO8S. The molecule has 0 bridgehead atoms. The molecule has 31 heavy (non-hydrogen) atoms. The van der Waals surface area contributed by atoms with Crippen LogP contribution in [0.3, 0.4) is 0 Å². The number of nitrogens with zero attached hydrogens (tertiary/aromatic N) is 1. The van der Waals surface area contributed by atoms with E-state index in [1.165, 1.54) is 20.8 Å². The summed E-state index contributed by atoms with van der Waals surface area (Å²) in [4.78, 5) is 36.9. The standard InChI is InChI=1S/C15H19F6NO8S/c1-12(2,3)30-11(25)22-5-4-9(23)8(6-22)10(24)29-13(14(16,17)18,15(19,20)21)7-31(26,27)28/h8H,4-7H2,1-3H3,(H,26,27,28). The lowest BCUT2D eigenvalue weighted by atomic mass is 9.96. The first-order chi connectivity index (χ1) is 13.6. The summed E-state index contributed by atoms with van der Waals surface area (Å²) in [6.07, 6.45) is -14.8. The third kappa shape index (κ3) is 6.69. The van der Waals surface area contributed by atoms with Crippen molar-refractivity contribution >= 4 is 28.0 Å². The Hall–Kier alpha value is -2.10. The molecule has 0 aromatic rings. The smallest absolute Gasteiger partial charge is 0.438 e. The largest absolute Gasteiger partial charge is 0.444 e. The minimum atomic E-state index is -6.53. The number of halogens is 6. The fourth-order valence-electron chi connectivity index (χ4n) is 2.50. The summed E-state index contributed by atoms with van der Waals surface area (Å²) in [6.45, 7) is 3.10. The predicted molar refractivity (Wildman–Crippen MR) is 88.3 cm³/mol. The van der Waals surface area contributed by atoms with Gasteiger partial charge in [-0.3, -0.25) is 14.1 Å². The van der Waals surface area contributed by atoms with Crippen LogP contribution in [0.4, 0.5) is 31.1 Å². The molecule has 180 valence electrons. The lowest BCUT2D eigenvalue weighted by Gasteiger charge is -2.37. The summed E-state index contributed by atoms with van der Waals surface area (Å²) >= 11 is 0. The summed E-state index contributed by atoms with van der Waals surface area (Å²) in [5.41, 5.74) is -6.68. The first kappa shape index (κ1) is 26.9. The summed E-state index contributed by atoms with van der Waals surface area (Å²) in [5.74, 6) is -8.84. The molecule has 0 aliphatic carbocycles. The quantitative estimate of drug-likeness (QED) is 0.277. The molecule has 16 heteroatoms.